The van der Waals surface area contributed by atoms with Crippen molar-refractivity contribution in [1.29, 1.82) is 0 Å². The molecule has 0 saturated carbocycles. The Balaban J connectivity index is 0.919. The Morgan fingerprint density at radius 3 is 1.22 bits per heavy atom. The highest BCUT2D eigenvalue weighted by atomic mass is 32.2. The zero-order valence-electron chi connectivity index (χ0n) is 31.2. The molecule has 0 radical (unpaired) electrons. The second kappa shape index (κ2) is 13.1. The van der Waals surface area contributed by atoms with Crippen molar-refractivity contribution in [3.8, 4) is 53.1 Å². The SMILES string of the molecule is O=S1(=O)N=c2c(-c3ccc(-c4ccc5c(c4)c4ccccc4n5-c4ccccc4)s3)ccc(-c3ccc(-c4ccc5c(c4)c4ccccc4n5-c4ccccc4)s3)c2=N1. The van der Waals surface area contributed by atoms with E-state index in [2.05, 4.69) is 176 Å². The fraction of sp³-hybridized carbons (Fsp3) is 0. The maximum absolute atomic E-state index is 13.0. The highest BCUT2D eigenvalue weighted by Gasteiger charge is 2.22. The van der Waals surface area contributed by atoms with E-state index < -0.39 is 10.2 Å². The summed E-state index contributed by atoms with van der Waals surface area (Å²) >= 11 is 3.25. The van der Waals surface area contributed by atoms with E-state index in [4.69, 9.17) is 0 Å². The molecule has 9 heteroatoms. The van der Waals surface area contributed by atoms with Gasteiger partial charge in [0, 0.05) is 63.6 Å². The lowest BCUT2D eigenvalue weighted by Crippen LogP contribution is -2.25. The monoisotopic (exact) mass is 814 g/mol. The summed E-state index contributed by atoms with van der Waals surface area (Å²) in [5.41, 5.74) is 10.5. The quantitative estimate of drug-likeness (QED) is 0.168. The standard InChI is InChI=1S/C50H30N4O2S3/c55-59(56)51-49-37(47-27-25-45(57-47)31-19-23-43-39(29-31)35-15-7-9-17-41(35)53(43)33-11-3-1-4-12-33)21-22-38(50(49)52-59)48-28-26-46(58-48)32-20-24-44-40(30-32)36-16-8-10-18-42(36)54(44)34-13-5-2-6-14-34/h1-30H. The highest BCUT2D eigenvalue weighted by Crippen LogP contribution is 2.41. The van der Waals surface area contributed by atoms with Crippen LogP contribution in [0.2, 0.25) is 0 Å². The number of fused-ring (bicyclic) bond motifs is 7. The Bertz CT molecular complexity index is 3510. The van der Waals surface area contributed by atoms with Crippen molar-refractivity contribution in [2.75, 3.05) is 0 Å². The molecule has 1 aliphatic rings. The number of aromatic nitrogens is 2. The Labute approximate surface area is 346 Å². The summed E-state index contributed by atoms with van der Waals surface area (Å²) in [6.07, 6.45) is 0. The molecular formula is C50H30N4O2S3. The fourth-order valence-corrected chi connectivity index (χ4v) is 11.6. The average molecular weight is 815 g/mol. The van der Waals surface area contributed by atoms with Crippen LogP contribution < -0.4 is 10.7 Å². The fourth-order valence-electron chi connectivity index (χ4n) is 8.65. The summed E-state index contributed by atoms with van der Waals surface area (Å²) in [6, 6.07) is 63.5. The van der Waals surface area contributed by atoms with E-state index >= 15 is 0 Å². The van der Waals surface area contributed by atoms with E-state index in [-0.39, 0.29) is 0 Å². The molecule has 0 fully saturated rings. The van der Waals surface area contributed by atoms with Gasteiger partial charge in [-0.2, -0.15) is 8.42 Å². The maximum atomic E-state index is 13.0. The van der Waals surface area contributed by atoms with Crippen LogP contribution in [0.1, 0.15) is 0 Å². The van der Waals surface area contributed by atoms with Gasteiger partial charge in [-0.05, 0) is 96.1 Å². The highest BCUT2D eigenvalue weighted by molar-refractivity contribution is 7.88. The molecule has 7 aromatic carbocycles. The molecule has 12 rings (SSSR count). The van der Waals surface area contributed by atoms with Gasteiger partial charge in [-0.3, -0.25) is 0 Å². The van der Waals surface area contributed by atoms with Crippen LogP contribution >= 0.6 is 22.7 Å². The van der Waals surface area contributed by atoms with E-state index in [1.165, 1.54) is 21.5 Å². The molecule has 0 unspecified atom stereocenters. The summed E-state index contributed by atoms with van der Waals surface area (Å²) in [4.78, 5) is 4.03. The van der Waals surface area contributed by atoms with Gasteiger partial charge in [-0.1, -0.05) is 97.1 Å². The van der Waals surface area contributed by atoms with E-state index in [9.17, 15) is 8.42 Å². The van der Waals surface area contributed by atoms with Gasteiger partial charge >= 0.3 is 10.2 Å². The summed E-state index contributed by atoms with van der Waals surface area (Å²) in [5.74, 6) is 0. The molecule has 0 aliphatic carbocycles. The molecule has 0 bridgehead atoms. The molecule has 0 N–H and O–H groups in total. The largest absolute Gasteiger partial charge is 0.364 e. The number of nitrogens with zero attached hydrogens (tertiary/aromatic N) is 4. The van der Waals surface area contributed by atoms with Crippen molar-refractivity contribution in [1.82, 2.24) is 9.13 Å². The van der Waals surface area contributed by atoms with Crippen LogP contribution in [0, 0.1) is 0 Å². The Kier molecular flexibility index (Phi) is 7.56. The van der Waals surface area contributed by atoms with Crippen LogP contribution in [0.3, 0.4) is 0 Å². The minimum Gasteiger partial charge on any atom is -0.309 e. The lowest BCUT2D eigenvalue weighted by atomic mass is 10.1. The average Bonchev–Trinajstić information content (AvgIpc) is 4.12. The van der Waals surface area contributed by atoms with Crippen molar-refractivity contribution in [2.45, 2.75) is 0 Å². The van der Waals surface area contributed by atoms with Crippen LogP contribution in [0.5, 0.6) is 0 Å². The molecule has 4 aromatic heterocycles. The van der Waals surface area contributed by atoms with Gasteiger partial charge in [0.1, 0.15) is 10.7 Å². The first kappa shape index (κ1) is 34.2. The third-order valence-electron chi connectivity index (χ3n) is 11.3. The van der Waals surface area contributed by atoms with Crippen molar-refractivity contribution in [3.63, 3.8) is 0 Å². The number of para-hydroxylation sites is 4. The molecule has 280 valence electrons. The predicted octanol–water partition coefficient (Wildman–Crippen LogP) is 12.2. The summed E-state index contributed by atoms with van der Waals surface area (Å²) in [7, 11) is -4.03. The first-order valence-corrected chi connectivity index (χ1v) is 22.3. The van der Waals surface area contributed by atoms with Gasteiger partial charge in [0.2, 0.25) is 0 Å². The summed E-state index contributed by atoms with van der Waals surface area (Å²) in [5, 5.41) is 5.52. The minimum absolute atomic E-state index is 0.391. The predicted molar refractivity (Wildman–Crippen MR) is 244 cm³/mol. The first-order chi connectivity index (χ1) is 29.0. The van der Waals surface area contributed by atoms with Crippen molar-refractivity contribution >= 4 is 76.5 Å². The second-order valence-corrected chi connectivity index (χ2v) is 18.1. The normalized spacial score (nSPS) is 13.3. The third-order valence-corrected chi connectivity index (χ3v) is 14.4. The molecule has 5 heterocycles. The number of hydrogen-bond acceptors (Lipinski definition) is 4. The van der Waals surface area contributed by atoms with Gasteiger partial charge in [0.25, 0.3) is 0 Å². The molecule has 59 heavy (non-hydrogen) atoms. The molecule has 0 atom stereocenters. The Morgan fingerprint density at radius 1 is 0.373 bits per heavy atom. The molecular weight excluding hydrogens is 785 g/mol. The molecule has 0 spiro atoms. The zero-order chi connectivity index (χ0) is 39.2. The Hall–Kier alpha value is -6.91. The first-order valence-electron chi connectivity index (χ1n) is 19.2. The second-order valence-electron chi connectivity index (χ2n) is 14.7. The molecule has 0 amide bonds. The smallest absolute Gasteiger partial charge is 0.309 e. The Morgan fingerprint density at radius 2 is 0.763 bits per heavy atom. The lowest BCUT2D eigenvalue weighted by molar-refractivity contribution is 0.599. The van der Waals surface area contributed by atoms with Crippen LogP contribution in [0.25, 0.3) is 96.7 Å². The van der Waals surface area contributed by atoms with Gasteiger partial charge < -0.3 is 9.13 Å². The molecule has 0 saturated heterocycles. The van der Waals surface area contributed by atoms with Crippen LogP contribution in [-0.2, 0) is 10.2 Å². The molecule has 11 aromatic rings. The van der Waals surface area contributed by atoms with E-state index in [0.29, 0.717) is 10.7 Å². The minimum atomic E-state index is -4.03. The summed E-state index contributed by atoms with van der Waals surface area (Å²) < 4.78 is 39.1. The van der Waals surface area contributed by atoms with Crippen molar-refractivity contribution in [2.24, 2.45) is 8.80 Å². The summed E-state index contributed by atoms with van der Waals surface area (Å²) in [6.45, 7) is 0. The topological polar surface area (TPSA) is 68.7 Å². The van der Waals surface area contributed by atoms with E-state index in [0.717, 1.165) is 75.2 Å². The zero-order valence-corrected chi connectivity index (χ0v) is 33.6. The maximum Gasteiger partial charge on any atom is 0.364 e. The number of thiophene rings is 2. The van der Waals surface area contributed by atoms with Crippen molar-refractivity contribution < 1.29 is 8.42 Å². The number of benzene rings is 7. The van der Waals surface area contributed by atoms with E-state index in [1.807, 2.05) is 24.3 Å². The van der Waals surface area contributed by atoms with E-state index in [1.54, 1.807) is 22.7 Å². The third kappa shape index (κ3) is 5.47. The van der Waals surface area contributed by atoms with Crippen molar-refractivity contribution in [3.05, 3.63) is 193 Å². The lowest BCUT2D eigenvalue weighted by Gasteiger charge is -2.07. The molecule has 6 nitrogen and oxygen atoms in total. The van der Waals surface area contributed by atoms with Crippen LogP contribution in [0.4, 0.5) is 0 Å². The van der Waals surface area contributed by atoms with Crippen LogP contribution in [0.15, 0.2) is 191 Å². The van der Waals surface area contributed by atoms with Gasteiger partial charge in [-0.25, -0.2) is 0 Å². The number of hydrogen-bond donors (Lipinski definition) is 0. The number of rotatable bonds is 6. The van der Waals surface area contributed by atoms with Gasteiger partial charge in [0.15, 0.2) is 0 Å². The molecule has 1 aliphatic heterocycles. The van der Waals surface area contributed by atoms with Crippen LogP contribution in [-0.4, -0.2) is 17.6 Å². The van der Waals surface area contributed by atoms with Gasteiger partial charge in [-0.15, -0.1) is 31.5 Å². The van der Waals surface area contributed by atoms with Gasteiger partial charge in [0.05, 0.1) is 22.1 Å².